The summed E-state index contributed by atoms with van der Waals surface area (Å²) in [4.78, 5) is 8.59. The standard InChI is InChI=1S/C13H12Cl2N2/c1-8(2)10-11(14)16-13(17-12(10)15)9-6-4-3-5-7-9/h3-8H,1-2H3. The molecule has 0 spiro atoms. The van der Waals surface area contributed by atoms with Crippen molar-refractivity contribution in [1.82, 2.24) is 9.97 Å². The highest BCUT2D eigenvalue weighted by Gasteiger charge is 2.15. The van der Waals surface area contributed by atoms with Crippen molar-refractivity contribution in [2.24, 2.45) is 0 Å². The molecule has 1 aromatic carbocycles. The first kappa shape index (κ1) is 12.3. The van der Waals surface area contributed by atoms with Crippen LogP contribution in [0.1, 0.15) is 25.3 Å². The molecule has 0 saturated carbocycles. The molecule has 0 amide bonds. The topological polar surface area (TPSA) is 25.8 Å². The minimum atomic E-state index is 0.208. The van der Waals surface area contributed by atoms with Gasteiger partial charge in [0.2, 0.25) is 0 Å². The van der Waals surface area contributed by atoms with Gasteiger partial charge in [-0.25, -0.2) is 9.97 Å². The van der Waals surface area contributed by atoms with E-state index in [9.17, 15) is 0 Å². The molecule has 2 aromatic rings. The van der Waals surface area contributed by atoms with Crippen LogP contribution in [0.5, 0.6) is 0 Å². The molecule has 0 unspecified atom stereocenters. The third kappa shape index (κ3) is 2.59. The lowest BCUT2D eigenvalue weighted by Gasteiger charge is -2.10. The monoisotopic (exact) mass is 266 g/mol. The molecule has 1 aromatic heterocycles. The van der Waals surface area contributed by atoms with Gasteiger partial charge in [-0.15, -0.1) is 0 Å². The number of aromatic nitrogens is 2. The average Bonchev–Trinajstić information content (AvgIpc) is 2.28. The van der Waals surface area contributed by atoms with Gasteiger partial charge in [-0.1, -0.05) is 67.4 Å². The van der Waals surface area contributed by atoms with E-state index in [2.05, 4.69) is 9.97 Å². The molecule has 0 fully saturated rings. The largest absolute Gasteiger partial charge is 0.216 e. The summed E-state index contributed by atoms with van der Waals surface area (Å²) in [5.41, 5.74) is 1.71. The minimum Gasteiger partial charge on any atom is -0.216 e. The molecule has 2 rings (SSSR count). The van der Waals surface area contributed by atoms with E-state index in [4.69, 9.17) is 23.2 Å². The molecule has 0 atom stereocenters. The van der Waals surface area contributed by atoms with Gasteiger partial charge in [0, 0.05) is 11.1 Å². The zero-order chi connectivity index (χ0) is 12.4. The Bertz CT molecular complexity index is 501. The van der Waals surface area contributed by atoms with Gasteiger partial charge >= 0.3 is 0 Å². The Kier molecular flexibility index (Phi) is 3.65. The fraction of sp³-hybridized carbons (Fsp3) is 0.231. The van der Waals surface area contributed by atoms with Crippen LogP contribution in [0.3, 0.4) is 0 Å². The van der Waals surface area contributed by atoms with Gasteiger partial charge < -0.3 is 0 Å². The molecule has 4 heteroatoms. The van der Waals surface area contributed by atoms with Crippen molar-refractivity contribution >= 4 is 23.2 Å². The van der Waals surface area contributed by atoms with Gasteiger partial charge in [-0.2, -0.15) is 0 Å². The quantitative estimate of drug-likeness (QED) is 0.744. The van der Waals surface area contributed by atoms with E-state index >= 15 is 0 Å². The van der Waals surface area contributed by atoms with Gasteiger partial charge in [0.1, 0.15) is 10.3 Å². The van der Waals surface area contributed by atoms with E-state index in [0.29, 0.717) is 16.1 Å². The maximum absolute atomic E-state index is 6.14. The van der Waals surface area contributed by atoms with E-state index in [0.717, 1.165) is 11.1 Å². The Balaban J connectivity index is 2.53. The molecule has 0 radical (unpaired) electrons. The third-order valence-electron chi connectivity index (χ3n) is 2.46. The van der Waals surface area contributed by atoms with E-state index in [1.807, 2.05) is 44.2 Å². The molecule has 2 nitrogen and oxygen atoms in total. The van der Waals surface area contributed by atoms with Crippen LogP contribution in [0.4, 0.5) is 0 Å². The molecular weight excluding hydrogens is 255 g/mol. The fourth-order valence-electron chi connectivity index (χ4n) is 1.61. The maximum Gasteiger partial charge on any atom is 0.162 e. The molecule has 0 aliphatic heterocycles. The second kappa shape index (κ2) is 5.03. The first-order valence-electron chi connectivity index (χ1n) is 5.38. The van der Waals surface area contributed by atoms with Crippen LogP contribution in [-0.2, 0) is 0 Å². The summed E-state index contributed by atoms with van der Waals surface area (Å²) in [5.74, 6) is 0.768. The van der Waals surface area contributed by atoms with Crippen molar-refractivity contribution in [1.29, 1.82) is 0 Å². The normalized spacial score (nSPS) is 10.9. The summed E-state index contributed by atoms with van der Waals surface area (Å²) in [5, 5.41) is 0.859. The number of rotatable bonds is 2. The van der Waals surface area contributed by atoms with Crippen molar-refractivity contribution in [3.8, 4) is 11.4 Å². The minimum absolute atomic E-state index is 0.208. The molecular formula is C13H12Cl2N2. The van der Waals surface area contributed by atoms with Gasteiger partial charge in [-0.05, 0) is 5.92 Å². The number of halogens is 2. The van der Waals surface area contributed by atoms with E-state index in [-0.39, 0.29) is 5.92 Å². The van der Waals surface area contributed by atoms with Crippen molar-refractivity contribution in [2.75, 3.05) is 0 Å². The van der Waals surface area contributed by atoms with Crippen molar-refractivity contribution < 1.29 is 0 Å². The lowest BCUT2D eigenvalue weighted by atomic mass is 10.1. The highest BCUT2D eigenvalue weighted by atomic mass is 35.5. The molecule has 0 saturated heterocycles. The van der Waals surface area contributed by atoms with E-state index in [1.54, 1.807) is 0 Å². The van der Waals surface area contributed by atoms with Crippen molar-refractivity contribution in [3.63, 3.8) is 0 Å². The van der Waals surface area contributed by atoms with Crippen LogP contribution in [0.25, 0.3) is 11.4 Å². The Morgan fingerprint density at radius 1 is 0.941 bits per heavy atom. The fourth-order valence-corrected chi connectivity index (χ4v) is 2.43. The Hall–Kier alpha value is -1.12. The Labute approximate surface area is 111 Å². The highest BCUT2D eigenvalue weighted by molar-refractivity contribution is 6.34. The first-order valence-corrected chi connectivity index (χ1v) is 6.13. The summed E-state index contributed by atoms with van der Waals surface area (Å²) in [6, 6.07) is 9.65. The Morgan fingerprint density at radius 2 is 1.47 bits per heavy atom. The van der Waals surface area contributed by atoms with Crippen molar-refractivity contribution in [3.05, 3.63) is 46.2 Å². The summed E-state index contributed by atoms with van der Waals surface area (Å²) in [6.45, 7) is 4.03. The molecule has 17 heavy (non-hydrogen) atoms. The average molecular weight is 267 g/mol. The summed E-state index contributed by atoms with van der Waals surface area (Å²) in [6.07, 6.45) is 0. The highest BCUT2D eigenvalue weighted by Crippen LogP contribution is 2.30. The van der Waals surface area contributed by atoms with Crippen LogP contribution >= 0.6 is 23.2 Å². The van der Waals surface area contributed by atoms with E-state index in [1.165, 1.54) is 0 Å². The van der Waals surface area contributed by atoms with Crippen LogP contribution in [0.15, 0.2) is 30.3 Å². The van der Waals surface area contributed by atoms with Gasteiger partial charge in [0.25, 0.3) is 0 Å². The summed E-state index contributed by atoms with van der Waals surface area (Å²) in [7, 11) is 0. The number of hydrogen-bond donors (Lipinski definition) is 0. The molecule has 0 aliphatic carbocycles. The number of benzene rings is 1. The number of nitrogens with zero attached hydrogens (tertiary/aromatic N) is 2. The van der Waals surface area contributed by atoms with Crippen LogP contribution in [0, 0.1) is 0 Å². The predicted octanol–water partition coefficient (Wildman–Crippen LogP) is 4.57. The lowest BCUT2D eigenvalue weighted by molar-refractivity contribution is 0.848. The molecule has 0 N–H and O–H groups in total. The van der Waals surface area contributed by atoms with Gasteiger partial charge in [0.05, 0.1) is 0 Å². The van der Waals surface area contributed by atoms with Crippen LogP contribution in [0.2, 0.25) is 10.3 Å². The van der Waals surface area contributed by atoms with E-state index < -0.39 is 0 Å². The molecule has 0 bridgehead atoms. The third-order valence-corrected chi connectivity index (χ3v) is 3.04. The van der Waals surface area contributed by atoms with Gasteiger partial charge in [0.15, 0.2) is 5.82 Å². The molecule has 88 valence electrons. The van der Waals surface area contributed by atoms with Gasteiger partial charge in [-0.3, -0.25) is 0 Å². The van der Waals surface area contributed by atoms with Crippen LogP contribution < -0.4 is 0 Å². The SMILES string of the molecule is CC(C)c1c(Cl)nc(-c2ccccc2)nc1Cl. The lowest BCUT2D eigenvalue weighted by Crippen LogP contribution is -1.99. The Morgan fingerprint density at radius 3 is 1.94 bits per heavy atom. The zero-order valence-corrected chi connectivity index (χ0v) is 11.1. The summed E-state index contributed by atoms with van der Waals surface area (Å²) < 4.78 is 0. The molecule has 0 aliphatic rings. The second-order valence-corrected chi connectivity index (χ2v) is 4.78. The second-order valence-electron chi connectivity index (χ2n) is 4.06. The number of hydrogen-bond acceptors (Lipinski definition) is 2. The van der Waals surface area contributed by atoms with Crippen molar-refractivity contribution in [2.45, 2.75) is 19.8 Å². The van der Waals surface area contributed by atoms with Crippen LogP contribution in [-0.4, -0.2) is 9.97 Å². The smallest absolute Gasteiger partial charge is 0.162 e. The maximum atomic E-state index is 6.14. The zero-order valence-electron chi connectivity index (χ0n) is 9.61. The first-order chi connectivity index (χ1) is 8.09. The molecule has 1 heterocycles. The predicted molar refractivity (Wildman–Crippen MR) is 71.6 cm³/mol. The summed E-state index contributed by atoms with van der Waals surface area (Å²) >= 11 is 12.3.